The number of anilines is 1. The second-order valence-corrected chi connectivity index (χ2v) is 5.78. The quantitative estimate of drug-likeness (QED) is 0.937. The molecule has 0 unspecified atom stereocenters. The number of para-hydroxylation sites is 1. The molecule has 1 fully saturated rings. The highest BCUT2D eigenvalue weighted by Crippen LogP contribution is 2.32. The summed E-state index contributed by atoms with van der Waals surface area (Å²) in [5.74, 6) is 0.993. The van der Waals surface area contributed by atoms with Crippen molar-refractivity contribution in [2.24, 2.45) is 0 Å². The number of rotatable bonds is 3. The Morgan fingerprint density at radius 1 is 1.08 bits per heavy atom. The molecule has 2 amide bonds. The van der Waals surface area contributed by atoms with Gasteiger partial charge in [0.25, 0.3) is 5.91 Å². The average Bonchev–Trinajstić information content (AvgIpc) is 3.21. The normalized spacial score (nSPS) is 18.8. The lowest BCUT2D eigenvalue weighted by Gasteiger charge is -2.17. The molecule has 2 aromatic rings. The SMILES string of the molecule is O=C(N[C@@H]1CC(=O)N(c2ccccc2)C1)c1ccc2c(c1)OCO2. The topological polar surface area (TPSA) is 67.9 Å². The van der Waals surface area contributed by atoms with Gasteiger partial charge in [-0.25, -0.2) is 0 Å². The molecule has 0 bridgehead atoms. The fourth-order valence-electron chi connectivity index (χ4n) is 2.97. The van der Waals surface area contributed by atoms with Crippen molar-refractivity contribution < 1.29 is 19.1 Å². The van der Waals surface area contributed by atoms with Gasteiger partial charge in [-0.15, -0.1) is 0 Å². The van der Waals surface area contributed by atoms with Crippen LogP contribution in [0.5, 0.6) is 11.5 Å². The molecule has 0 spiro atoms. The molecule has 0 aromatic heterocycles. The zero-order valence-corrected chi connectivity index (χ0v) is 12.9. The average molecular weight is 324 g/mol. The Balaban J connectivity index is 1.44. The number of carbonyl (C=O) groups excluding carboxylic acids is 2. The van der Waals surface area contributed by atoms with Gasteiger partial charge in [0.2, 0.25) is 12.7 Å². The zero-order valence-electron chi connectivity index (χ0n) is 12.9. The second kappa shape index (κ2) is 5.88. The molecule has 1 saturated heterocycles. The van der Waals surface area contributed by atoms with Crippen molar-refractivity contribution in [3.8, 4) is 11.5 Å². The molecule has 2 aliphatic rings. The zero-order chi connectivity index (χ0) is 16.5. The number of benzene rings is 2. The van der Waals surface area contributed by atoms with Crippen LogP contribution in [-0.4, -0.2) is 31.2 Å². The van der Waals surface area contributed by atoms with Crippen LogP contribution < -0.4 is 19.7 Å². The molecule has 122 valence electrons. The molecule has 0 saturated carbocycles. The van der Waals surface area contributed by atoms with E-state index in [-0.39, 0.29) is 24.6 Å². The van der Waals surface area contributed by atoms with Crippen LogP contribution in [-0.2, 0) is 4.79 Å². The van der Waals surface area contributed by atoms with Crippen molar-refractivity contribution in [3.63, 3.8) is 0 Å². The lowest BCUT2D eigenvalue weighted by Crippen LogP contribution is -2.37. The summed E-state index contributed by atoms with van der Waals surface area (Å²) in [6.45, 7) is 0.642. The van der Waals surface area contributed by atoms with Crippen LogP contribution in [0, 0.1) is 0 Å². The maximum Gasteiger partial charge on any atom is 0.251 e. The first-order chi connectivity index (χ1) is 11.7. The van der Waals surface area contributed by atoms with Crippen LogP contribution in [0.3, 0.4) is 0 Å². The highest BCUT2D eigenvalue weighted by Gasteiger charge is 2.31. The number of hydrogen-bond donors (Lipinski definition) is 1. The maximum atomic E-state index is 12.4. The third kappa shape index (κ3) is 2.67. The van der Waals surface area contributed by atoms with Crippen LogP contribution >= 0.6 is 0 Å². The van der Waals surface area contributed by atoms with Gasteiger partial charge in [0, 0.05) is 24.2 Å². The van der Waals surface area contributed by atoms with Crippen molar-refractivity contribution in [1.82, 2.24) is 5.32 Å². The minimum Gasteiger partial charge on any atom is -0.454 e. The first kappa shape index (κ1) is 14.6. The van der Waals surface area contributed by atoms with Crippen LogP contribution in [0.4, 0.5) is 5.69 Å². The highest BCUT2D eigenvalue weighted by molar-refractivity contribution is 5.99. The van der Waals surface area contributed by atoms with E-state index in [9.17, 15) is 9.59 Å². The van der Waals surface area contributed by atoms with Gasteiger partial charge in [0.15, 0.2) is 11.5 Å². The van der Waals surface area contributed by atoms with Gasteiger partial charge in [0.05, 0.1) is 6.04 Å². The number of nitrogens with one attached hydrogen (secondary N) is 1. The number of ether oxygens (including phenoxy) is 2. The van der Waals surface area contributed by atoms with Gasteiger partial charge in [-0.3, -0.25) is 9.59 Å². The van der Waals surface area contributed by atoms with Gasteiger partial charge in [0.1, 0.15) is 0 Å². The number of hydrogen-bond acceptors (Lipinski definition) is 4. The second-order valence-electron chi connectivity index (χ2n) is 5.78. The minimum absolute atomic E-state index is 0.0113. The molecule has 2 heterocycles. The van der Waals surface area contributed by atoms with E-state index < -0.39 is 0 Å². The molecule has 2 aromatic carbocycles. The third-order valence-corrected chi connectivity index (χ3v) is 4.16. The van der Waals surface area contributed by atoms with Crippen molar-refractivity contribution in [1.29, 1.82) is 0 Å². The molecule has 4 rings (SSSR count). The Morgan fingerprint density at radius 3 is 2.71 bits per heavy atom. The number of carbonyl (C=O) groups is 2. The lowest BCUT2D eigenvalue weighted by molar-refractivity contribution is -0.117. The molecular formula is C18H16N2O4. The van der Waals surface area contributed by atoms with Gasteiger partial charge >= 0.3 is 0 Å². The third-order valence-electron chi connectivity index (χ3n) is 4.16. The summed E-state index contributed by atoms with van der Waals surface area (Å²) < 4.78 is 10.5. The first-order valence-corrected chi connectivity index (χ1v) is 7.76. The molecule has 24 heavy (non-hydrogen) atoms. The number of amides is 2. The van der Waals surface area contributed by atoms with Crippen molar-refractivity contribution in [2.45, 2.75) is 12.5 Å². The molecule has 0 aliphatic carbocycles. The summed E-state index contributed by atoms with van der Waals surface area (Å²) in [5, 5.41) is 2.92. The van der Waals surface area contributed by atoms with Crippen LogP contribution in [0.25, 0.3) is 0 Å². The summed E-state index contributed by atoms with van der Waals surface area (Å²) in [6, 6.07) is 14.3. The van der Waals surface area contributed by atoms with E-state index in [1.54, 1.807) is 23.1 Å². The van der Waals surface area contributed by atoms with E-state index in [1.165, 1.54) is 0 Å². The fraction of sp³-hybridized carbons (Fsp3) is 0.222. The summed E-state index contributed by atoms with van der Waals surface area (Å²) in [6.07, 6.45) is 0.297. The van der Waals surface area contributed by atoms with E-state index in [0.717, 1.165) is 5.69 Å². The van der Waals surface area contributed by atoms with Crippen molar-refractivity contribution in [3.05, 3.63) is 54.1 Å². The number of nitrogens with zero attached hydrogens (tertiary/aromatic N) is 1. The first-order valence-electron chi connectivity index (χ1n) is 7.76. The van der Waals surface area contributed by atoms with Crippen molar-refractivity contribution in [2.75, 3.05) is 18.2 Å². The number of fused-ring (bicyclic) bond motifs is 1. The molecular weight excluding hydrogens is 308 g/mol. The van der Waals surface area contributed by atoms with E-state index in [2.05, 4.69) is 5.32 Å². The fourth-order valence-corrected chi connectivity index (χ4v) is 2.97. The largest absolute Gasteiger partial charge is 0.454 e. The summed E-state index contributed by atoms with van der Waals surface area (Å²) in [4.78, 5) is 26.3. The van der Waals surface area contributed by atoms with Gasteiger partial charge in [-0.1, -0.05) is 18.2 Å². The predicted octanol–water partition coefficient (Wildman–Crippen LogP) is 1.95. The smallest absolute Gasteiger partial charge is 0.251 e. The molecule has 0 radical (unpaired) electrons. The van der Waals surface area contributed by atoms with E-state index >= 15 is 0 Å². The van der Waals surface area contributed by atoms with E-state index in [4.69, 9.17) is 9.47 Å². The Bertz CT molecular complexity index is 791. The summed E-state index contributed by atoms with van der Waals surface area (Å²) in [5.41, 5.74) is 1.34. The molecule has 6 nitrogen and oxygen atoms in total. The standard InChI is InChI=1S/C18H16N2O4/c21-17-9-13(10-20(17)14-4-2-1-3-5-14)19-18(22)12-6-7-15-16(8-12)24-11-23-15/h1-8,13H,9-11H2,(H,19,22)/t13-/m1/s1. The van der Waals surface area contributed by atoms with E-state index in [1.807, 2.05) is 30.3 Å². The van der Waals surface area contributed by atoms with Crippen LogP contribution in [0.1, 0.15) is 16.8 Å². The van der Waals surface area contributed by atoms with Crippen molar-refractivity contribution >= 4 is 17.5 Å². The highest BCUT2D eigenvalue weighted by atomic mass is 16.7. The Hall–Kier alpha value is -3.02. The monoisotopic (exact) mass is 324 g/mol. The van der Waals surface area contributed by atoms with Crippen LogP contribution in [0.2, 0.25) is 0 Å². The van der Waals surface area contributed by atoms with Crippen LogP contribution in [0.15, 0.2) is 48.5 Å². The van der Waals surface area contributed by atoms with E-state index in [0.29, 0.717) is 30.0 Å². The Labute approximate surface area is 139 Å². The predicted molar refractivity (Wildman–Crippen MR) is 87.2 cm³/mol. The van der Waals surface area contributed by atoms with Gasteiger partial charge in [-0.2, -0.15) is 0 Å². The molecule has 1 atom stereocenters. The minimum atomic E-state index is -0.221. The lowest BCUT2D eigenvalue weighted by atomic mass is 10.1. The van der Waals surface area contributed by atoms with Gasteiger partial charge < -0.3 is 19.7 Å². The summed E-state index contributed by atoms with van der Waals surface area (Å²) >= 11 is 0. The Morgan fingerprint density at radius 2 is 1.88 bits per heavy atom. The maximum absolute atomic E-state index is 12.4. The molecule has 6 heteroatoms. The van der Waals surface area contributed by atoms with Gasteiger partial charge in [-0.05, 0) is 30.3 Å². The molecule has 2 aliphatic heterocycles. The Kier molecular flexibility index (Phi) is 3.57. The summed E-state index contributed by atoms with van der Waals surface area (Å²) in [7, 11) is 0. The molecule has 1 N–H and O–H groups in total.